The highest BCUT2D eigenvalue weighted by molar-refractivity contribution is 7.09. The van der Waals surface area contributed by atoms with Crippen molar-refractivity contribution < 1.29 is 4.42 Å². The third-order valence-corrected chi connectivity index (χ3v) is 4.55. The minimum Gasteiger partial charge on any atom is -0.469 e. The average Bonchev–Trinajstić information content (AvgIpc) is 3.04. The zero-order valence-corrected chi connectivity index (χ0v) is 13.6. The van der Waals surface area contributed by atoms with Crippen molar-refractivity contribution in [3.63, 3.8) is 0 Å². The predicted molar refractivity (Wildman–Crippen MR) is 84.1 cm³/mol. The summed E-state index contributed by atoms with van der Waals surface area (Å²) in [6.07, 6.45) is 3.78. The van der Waals surface area contributed by atoms with Gasteiger partial charge in [0.15, 0.2) is 0 Å². The summed E-state index contributed by atoms with van der Waals surface area (Å²) in [5, 5.41) is 6.89. The molecule has 0 radical (unpaired) electrons. The Morgan fingerprint density at radius 2 is 2.20 bits per heavy atom. The topological polar surface area (TPSA) is 38.1 Å². The Balaban J connectivity index is 1.75. The van der Waals surface area contributed by atoms with Gasteiger partial charge in [0.1, 0.15) is 5.76 Å². The smallest absolute Gasteiger partial charge is 0.103 e. The maximum Gasteiger partial charge on any atom is 0.103 e. The van der Waals surface area contributed by atoms with Crippen LogP contribution in [-0.2, 0) is 18.4 Å². The fourth-order valence-electron chi connectivity index (χ4n) is 1.93. The summed E-state index contributed by atoms with van der Waals surface area (Å²) < 4.78 is 5.35. The molecule has 0 aliphatic heterocycles. The number of rotatable bonds is 6. The second kappa shape index (κ2) is 6.55. The molecular weight excluding hydrogens is 268 g/mol. The van der Waals surface area contributed by atoms with E-state index in [4.69, 9.17) is 9.40 Å². The maximum absolute atomic E-state index is 5.35. The molecule has 2 heterocycles. The van der Waals surface area contributed by atoms with Crippen LogP contribution >= 0.6 is 11.3 Å². The molecule has 0 saturated heterocycles. The lowest BCUT2D eigenvalue weighted by molar-refractivity contribution is 0.458. The Morgan fingerprint density at radius 3 is 2.80 bits per heavy atom. The van der Waals surface area contributed by atoms with E-state index >= 15 is 0 Å². The lowest BCUT2D eigenvalue weighted by atomic mass is 9.98. The molecule has 0 aliphatic rings. The van der Waals surface area contributed by atoms with Crippen molar-refractivity contribution in [1.82, 2.24) is 10.3 Å². The molecule has 0 aromatic carbocycles. The summed E-state index contributed by atoms with van der Waals surface area (Å²) in [4.78, 5) is 4.70. The van der Waals surface area contributed by atoms with Gasteiger partial charge in [0.2, 0.25) is 0 Å². The van der Waals surface area contributed by atoms with Gasteiger partial charge in [-0.3, -0.25) is 0 Å². The van der Waals surface area contributed by atoms with Gasteiger partial charge >= 0.3 is 0 Å². The van der Waals surface area contributed by atoms with Gasteiger partial charge in [-0.2, -0.15) is 0 Å². The average molecular weight is 292 g/mol. The fraction of sp³-hybridized carbons (Fsp3) is 0.562. The zero-order valence-electron chi connectivity index (χ0n) is 12.8. The Hall–Kier alpha value is -1.13. The van der Waals surface area contributed by atoms with Gasteiger partial charge < -0.3 is 9.73 Å². The van der Waals surface area contributed by atoms with Crippen LogP contribution in [0.4, 0.5) is 0 Å². The maximum atomic E-state index is 5.35. The summed E-state index contributed by atoms with van der Waals surface area (Å²) in [5.74, 6) is 1.06. The summed E-state index contributed by atoms with van der Waals surface area (Å²) in [6, 6.07) is 4.43. The van der Waals surface area contributed by atoms with Gasteiger partial charge in [-0.05, 0) is 25.5 Å². The number of aromatic nitrogens is 1. The Labute approximate surface area is 125 Å². The largest absolute Gasteiger partial charge is 0.469 e. The van der Waals surface area contributed by atoms with Crippen LogP contribution in [0.1, 0.15) is 50.6 Å². The van der Waals surface area contributed by atoms with E-state index < -0.39 is 0 Å². The molecule has 0 fully saturated rings. The van der Waals surface area contributed by atoms with E-state index in [9.17, 15) is 0 Å². The third-order valence-electron chi connectivity index (χ3n) is 3.23. The molecule has 3 nitrogen and oxygen atoms in total. The van der Waals surface area contributed by atoms with E-state index in [0.29, 0.717) is 6.04 Å². The summed E-state index contributed by atoms with van der Waals surface area (Å²) in [5.41, 5.74) is 1.29. The molecule has 0 amide bonds. The summed E-state index contributed by atoms with van der Waals surface area (Å²) in [7, 11) is 0. The molecule has 0 bridgehead atoms. The van der Waals surface area contributed by atoms with E-state index in [1.54, 1.807) is 17.6 Å². The third kappa shape index (κ3) is 4.46. The normalized spacial score (nSPS) is 13.6. The molecule has 20 heavy (non-hydrogen) atoms. The predicted octanol–water partition coefficient (Wildman–Crippen LogP) is 4.14. The van der Waals surface area contributed by atoms with Gasteiger partial charge in [0.25, 0.3) is 0 Å². The van der Waals surface area contributed by atoms with Crippen molar-refractivity contribution in [2.45, 2.75) is 58.5 Å². The number of thiazole rings is 1. The van der Waals surface area contributed by atoms with E-state index in [0.717, 1.165) is 30.8 Å². The summed E-state index contributed by atoms with van der Waals surface area (Å²) in [6.45, 7) is 9.66. The molecule has 110 valence electrons. The molecule has 0 saturated carbocycles. The molecule has 0 aliphatic carbocycles. The number of furan rings is 1. The van der Waals surface area contributed by atoms with Crippen molar-refractivity contribution in [1.29, 1.82) is 0 Å². The van der Waals surface area contributed by atoms with Crippen molar-refractivity contribution in [2.75, 3.05) is 0 Å². The van der Waals surface area contributed by atoms with Crippen molar-refractivity contribution >= 4 is 11.3 Å². The highest BCUT2D eigenvalue weighted by Gasteiger charge is 2.17. The van der Waals surface area contributed by atoms with Crippen LogP contribution in [0.15, 0.2) is 28.2 Å². The molecule has 0 spiro atoms. The first kappa shape index (κ1) is 15.3. The minimum atomic E-state index is 0.147. The van der Waals surface area contributed by atoms with E-state index in [1.165, 1.54) is 5.01 Å². The van der Waals surface area contributed by atoms with Crippen molar-refractivity contribution in [2.24, 2.45) is 0 Å². The van der Waals surface area contributed by atoms with Crippen LogP contribution in [0.2, 0.25) is 0 Å². The molecule has 1 unspecified atom stereocenters. The van der Waals surface area contributed by atoms with Crippen LogP contribution in [0, 0.1) is 0 Å². The highest BCUT2D eigenvalue weighted by Crippen LogP contribution is 2.25. The van der Waals surface area contributed by atoms with Gasteiger partial charge in [-0.1, -0.05) is 20.8 Å². The van der Waals surface area contributed by atoms with Gasteiger partial charge in [0, 0.05) is 29.8 Å². The number of nitrogens with one attached hydrogen (secondary N) is 1. The summed E-state index contributed by atoms with van der Waals surface area (Å²) >= 11 is 1.75. The first-order valence-corrected chi connectivity index (χ1v) is 8.04. The minimum absolute atomic E-state index is 0.147. The SMILES string of the molecule is CC(CCc1ccco1)NCc1csc(C(C)(C)C)n1. The van der Waals surface area contributed by atoms with Crippen molar-refractivity contribution in [3.8, 4) is 0 Å². The van der Waals surface area contributed by atoms with Crippen LogP contribution in [0.25, 0.3) is 0 Å². The van der Waals surface area contributed by atoms with Crippen molar-refractivity contribution in [3.05, 3.63) is 40.2 Å². The van der Waals surface area contributed by atoms with Crippen LogP contribution in [0.3, 0.4) is 0 Å². The van der Waals surface area contributed by atoms with Gasteiger partial charge in [-0.15, -0.1) is 11.3 Å². The zero-order chi connectivity index (χ0) is 14.6. The highest BCUT2D eigenvalue weighted by atomic mass is 32.1. The first-order valence-electron chi connectivity index (χ1n) is 7.16. The van der Waals surface area contributed by atoms with Gasteiger partial charge in [0.05, 0.1) is 17.0 Å². The molecule has 2 aromatic rings. The molecule has 1 N–H and O–H groups in total. The molecule has 2 rings (SSSR count). The number of hydrogen-bond donors (Lipinski definition) is 1. The van der Waals surface area contributed by atoms with E-state index in [2.05, 4.69) is 38.4 Å². The Morgan fingerprint density at radius 1 is 1.40 bits per heavy atom. The number of aryl methyl sites for hydroxylation is 1. The second-order valence-electron chi connectivity index (χ2n) is 6.29. The van der Waals surface area contributed by atoms with Crippen LogP contribution < -0.4 is 5.32 Å². The van der Waals surface area contributed by atoms with Crippen LogP contribution in [-0.4, -0.2) is 11.0 Å². The second-order valence-corrected chi connectivity index (χ2v) is 7.15. The molecule has 1 atom stereocenters. The Kier molecular flexibility index (Phi) is 5.00. The lowest BCUT2D eigenvalue weighted by Gasteiger charge is -2.14. The Bertz CT molecular complexity index is 511. The molecule has 2 aromatic heterocycles. The molecule has 4 heteroatoms. The number of hydrogen-bond acceptors (Lipinski definition) is 4. The monoisotopic (exact) mass is 292 g/mol. The van der Waals surface area contributed by atoms with E-state index in [1.807, 2.05) is 12.1 Å². The fourth-order valence-corrected chi connectivity index (χ4v) is 2.83. The number of nitrogens with zero attached hydrogens (tertiary/aromatic N) is 1. The standard InChI is InChI=1S/C16H24N2OS/c1-12(7-8-14-6-5-9-19-14)17-10-13-11-20-15(18-13)16(2,3)4/h5-6,9,11-12,17H,7-8,10H2,1-4H3. The lowest BCUT2D eigenvalue weighted by Crippen LogP contribution is -2.26. The van der Waals surface area contributed by atoms with Gasteiger partial charge in [-0.25, -0.2) is 4.98 Å². The molecular formula is C16H24N2OS. The van der Waals surface area contributed by atoms with E-state index in [-0.39, 0.29) is 5.41 Å². The first-order chi connectivity index (χ1) is 9.45. The quantitative estimate of drug-likeness (QED) is 0.869. The van der Waals surface area contributed by atoms with Crippen LogP contribution in [0.5, 0.6) is 0 Å².